The van der Waals surface area contributed by atoms with Crippen molar-refractivity contribution in [2.75, 3.05) is 33.4 Å². The quantitative estimate of drug-likeness (QED) is 0.711. The van der Waals surface area contributed by atoms with Crippen LogP contribution in [-0.4, -0.2) is 64.0 Å². The van der Waals surface area contributed by atoms with Crippen molar-refractivity contribution in [2.45, 2.75) is 24.9 Å². The average molecular weight is 310 g/mol. The van der Waals surface area contributed by atoms with Crippen molar-refractivity contribution >= 4 is 19.6 Å². The molecule has 0 aromatic heterocycles. The molecule has 0 aromatic carbocycles. The van der Waals surface area contributed by atoms with Gasteiger partial charge in [-0.05, 0) is 0 Å². The molecule has 1 aliphatic heterocycles. The van der Waals surface area contributed by atoms with Gasteiger partial charge in [0.25, 0.3) is 0 Å². The van der Waals surface area contributed by atoms with Crippen LogP contribution in [-0.2, 0) is 9.22 Å². The molecule has 0 saturated carbocycles. The molecule has 1 fully saturated rings. The van der Waals surface area contributed by atoms with E-state index in [-0.39, 0.29) is 6.10 Å². The van der Waals surface area contributed by atoms with Crippen LogP contribution in [0.5, 0.6) is 0 Å². The van der Waals surface area contributed by atoms with Crippen LogP contribution < -0.4 is 0 Å². The number of hydrogen-bond donors (Lipinski definition) is 0. The third kappa shape index (κ3) is 4.44. The van der Waals surface area contributed by atoms with E-state index in [1.165, 1.54) is 0 Å². The standard InChI is InChI=1S/C5H11NO2.C3H7O.CH3.Sn/c1-6(2-4-7)3-5-8;1-3(2)4;;/h2-5H2,1H3;3H,1-2H3;1H3;/q-2;-1;;+3. The number of rotatable bonds is 2. The zero-order valence-electron chi connectivity index (χ0n) is 9.58. The van der Waals surface area contributed by atoms with Gasteiger partial charge < -0.3 is 0 Å². The molecule has 0 aliphatic carbocycles. The first-order chi connectivity index (χ1) is 6.52. The van der Waals surface area contributed by atoms with Crippen LogP contribution >= 0.6 is 0 Å². The van der Waals surface area contributed by atoms with Gasteiger partial charge in [0.2, 0.25) is 0 Å². The van der Waals surface area contributed by atoms with E-state index in [0.717, 1.165) is 26.3 Å². The van der Waals surface area contributed by atoms with E-state index in [4.69, 9.17) is 9.22 Å². The average Bonchev–Trinajstić information content (AvgIpc) is 1.99. The fourth-order valence-corrected chi connectivity index (χ4v) is 7.13. The molecule has 5 heteroatoms. The van der Waals surface area contributed by atoms with Crippen molar-refractivity contribution in [3.63, 3.8) is 0 Å². The van der Waals surface area contributed by atoms with Crippen molar-refractivity contribution in [1.82, 2.24) is 4.90 Å². The molecule has 0 unspecified atom stereocenters. The molecule has 1 heterocycles. The second kappa shape index (κ2) is 5.65. The van der Waals surface area contributed by atoms with Crippen molar-refractivity contribution < 1.29 is 9.22 Å². The zero-order chi connectivity index (χ0) is 10.6. The van der Waals surface area contributed by atoms with Gasteiger partial charge in [0.1, 0.15) is 0 Å². The molecule has 1 rings (SSSR count). The predicted molar refractivity (Wildman–Crippen MR) is 57.2 cm³/mol. The molecule has 0 radical (unpaired) electrons. The summed E-state index contributed by atoms with van der Waals surface area (Å²) in [5.41, 5.74) is 0. The Morgan fingerprint density at radius 3 is 2.14 bits per heavy atom. The molecule has 0 aromatic rings. The first-order valence-electron chi connectivity index (χ1n) is 5.16. The Balaban J connectivity index is 2.44. The fourth-order valence-electron chi connectivity index (χ4n) is 1.42. The number of likely N-dealkylation sites (N-methyl/N-ethyl adjacent to an activating group) is 1. The Kier molecular flexibility index (Phi) is 5.13. The van der Waals surface area contributed by atoms with E-state index in [9.17, 15) is 0 Å². The first-order valence-corrected chi connectivity index (χ1v) is 11.5. The molecule has 0 spiro atoms. The van der Waals surface area contributed by atoms with Crippen LogP contribution in [0.3, 0.4) is 0 Å². The van der Waals surface area contributed by atoms with Gasteiger partial charge in [0.15, 0.2) is 0 Å². The monoisotopic (exact) mass is 311 g/mol. The topological polar surface area (TPSA) is 30.9 Å². The second-order valence-electron chi connectivity index (χ2n) is 4.03. The van der Waals surface area contributed by atoms with Crippen molar-refractivity contribution in [1.29, 1.82) is 0 Å². The Labute approximate surface area is 92.0 Å². The zero-order valence-corrected chi connectivity index (χ0v) is 12.4. The molecule has 0 bridgehead atoms. The summed E-state index contributed by atoms with van der Waals surface area (Å²) in [5.74, 6) is 0. The van der Waals surface area contributed by atoms with E-state index in [2.05, 4.69) is 11.9 Å². The Hall–Kier alpha value is 0.639. The van der Waals surface area contributed by atoms with Gasteiger partial charge in [-0.25, -0.2) is 0 Å². The molecule has 0 atom stereocenters. The van der Waals surface area contributed by atoms with E-state index >= 15 is 0 Å². The van der Waals surface area contributed by atoms with Gasteiger partial charge in [0, 0.05) is 0 Å². The van der Waals surface area contributed by atoms with Crippen LogP contribution in [0.25, 0.3) is 0 Å². The molecule has 0 N–H and O–H groups in total. The minimum absolute atomic E-state index is 0.202. The summed E-state index contributed by atoms with van der Waals surface area (Å²) >= 11 is -3.09. The van der Waals surface area contributed by atoms with Crippen molar-refractivity contribution in [2.24, 2.45) is 0 Å². The Morgan fingerprint density at radius 1 is 1.21 bits per heavy atom. The molecule has 1 saturated heterocycles. The van der Waals surface area contributed by atoms with E-state index in [0.29, 0.717) is 0 Å². The summed E-state index contributed by atoms with van der Waals surface area (Å²) in [5, 5.41) is 0. The van der Waals surface area contributed by atoms with Gasteiger partial charge in [-0.15, -0.1) is 0 Å². The van der Waals surface area contributed by atoms with Crippen LogP contribution in [0.15, 0.2) is 0 Å². The molecule has 0 amide bonds. The maximum absolute atomic E-state index is 5.80. The summed E-state index contributed by atoms with van der Waals surface area (Å²) in [6.07, 6.45) is 0.202. The summed E-state index contributed by atoms with van der Waals surface area (Å²) in [6, 6.07) is 0. The third-order valence-electron chi connectivity index (χ3n) is 2.12. The molecule has 84 valence electrons. The van der Waals surface area contributed by atoms with Crippen LogP contribution in [0, 0.1) is 0 Å². The molecule has 1 aliphatic rings. The summed E-state index contributed by atoms with van der Waals surface area (Å²) in [7, 11) is 2.08. The minimum atomic E-state index is -3.09. The van der Waals surface area contributed by atoms with Crippen LogP contribution in [0.2, 0.25) is 4.94 Å². The summed E-state index contributed by atoms with van der Waals surface area (Å²) in [4.78, 5) is 4.25. The first kappa shape index (κ1) is 12.7. The van der Waals surface area contributed by atoms with Gasteiger partial charge in [-0.3, -0.25) is 0 Å². The van der Waals surface area contributed by atoms with E-state index in [1.54, 1.807) is 0 Å². The van der Waals surface area contributed by atoms with Crippen molar-refractivity contribution in [3.8, 4) is 0 Å². The van der Waals surface area contributed by atoms with Crippen molar-refractivity contribution in [3.05, 3.63) is 0 Å². The van der Waals surface area contributed by atoms with Gasteiger partial charge in [-0.1, -0.05) is 0 Å². The normalized spacial score (nSPS) is 24.6. The van der Waals surface area contributed by atoms with Gasteiger partial charge in [-0.2, -0.15) is 0 Å². The van der Waals surface area contributed by atoms with Crippen LogP contribution in [0.4, 0.5) is 0 Å². The molecule has 14 heavy (non-hydrogen) atoms. The Bertz CT molecular complexity index is 167. The van der Waals surface area contributed by atoms with Gasteiger partial charge >= 0.3 is 92.0 Å². The summed E-state index contributed by atoms with van der Waals surface area (Å²) < 4.78 is 17.3. The molecular formula is C9H21NO3Sn. The van der Waals surface area contributed by atoms with E-state index < -0.39 is 19.6 Å². The molecule has 4 nitrogen and oxygen atoms in total. The summed E-state index contributed by atoms with van der Waals surface area (Å²) in [6.45, 7) is 7.46. The SMILES string of the molecule is CC(C)[O][Sn]1([CH3])[O]CCN(C)CC[O]1. The van der Waals surface area contributed by atoms with E-state index in [1.807, 2.05) is 18.8 Å². The number of hydrogen-bond acceptors (Lipinski definition) is 4. The fraction of sp³-hybridized carbons (Fsp3) is 1.00. The second-order valence-corrected chi connectivity index (χ2v) is 11.3. The Morgan fingerprint density at radius 2 is 1.71 bits per heavy atom. The third-order valence-corrected chi connectivity index (χ3v) is 8.85. The van der Waals surface area contributed by atoms with Crippen LogP contribution in [0.1, 0.15) is 13.8 Å². The molecular weight excluding hydrogens is 289 g/mol. The maximum atomic E-state index is 5.80. The number of nitrogens with zero attached hydrogens (tertiary/aromatic N) is 1. The predicted octanol–water partition coefficient (Wildman–Crippen LogP) is 0.959. The van der Waals surface area contributed by atoms with Gasteiger partial charge in [0.05, 0.1) is 0 Å².